The van der Waals surface area contributed by atoms with Crippen LogP contribution in [0, 0.1) is 0 Å². The molecule has 8 nitrogen and oxygen atoms in total. The van der Waals surface area contributed by atoms with Crippen molar-refractivity contribution in [1.82, 2.24) is 14.7 Å². The molecule has 1 aromatic rings. The molecule has 8 heteroatoms. The molecule has 0 radical (unpaired) electrons. The van der Waals surface area contributed by atoms with E-state index in [0.29, 0.717) is 44.7 Å². The molecule has 2 aliphatic rings. The van der Waals surface area contributed by atoms with Crippen LogP contribution in [0.3, 0.4) is 0 Å². The first-order valence-corrected chi connectivity index (χ1v) is 10.1. The number of benzene rings is 1. The van der Waals surface area contributed by atoms with Crippen LogP contribution >= 0.6 is 0 Å². The Morgan fingerprint density at radius 3 is 2.48 bits per heavy atom. The fourth-order valence-electron chi connectivity index (χ4n) is 3.92. The molecule has 2 aliphatic heterocycles. The van der Waals surface area contributed by atoms with Crippen molar-refractivity contribution in [1.29, 1.82) is 0 Å². The van der Waals surface area contributed by atoms with Gasteiger partial charge < -0.3 is 19.6 Å². The van der Waals surface area contributed by atoms with Gasteiger partial charge in [0.05, 0.1) is 25.3 Å². The van der Waals surface area contributed by atoms with Gasteiger partial charge in [0.25, 0.3) is 0 Å². The summed E-state index contributed by atoms with van der Waals surface area (Å²) < 4.78 is 4.70. The van der Waals surface area contributed by atoms with Crippen molar-refractivity contribution >= 4 is 17.8 Å². The number of rotatable bonds is 7. The summed E-state index contributed by atoms with van der Waals surface area (Å²) >= 11 is 0. The van der Waals surface area contributed by atoms with Crippen molar-refractivity contribution in [3.05, 3.63) is 35.4 Å². The minimum atomic E-state index is -0.621. The number of nitrogens with zero attached hydrogens (tertiary/aromatic N) is 3. The molecule has 158 valence electrons. The normalized spacial score (nSPS) is 20.8. The highest BCUT2D eigenvalue weighted by atomic mass is 16.5. The lowest BCUT2D eigenvalue weighted by molar-refractivity contribution is -0.131. The maximum atomic E-state index is 12.7. The third-order valence-electron chi connectivity index (χ3n) is 5.42. The van der Waals surface area contributed by atoms with Gasteiger partial charge >= 0.3 is 5.97 Å². The number of amides is 2. The number of ether oxygens (including phenoxy) is 1. The van der Waals surface area contributed by atoms with Crippen LogP contribution in [0.2, 0.25) is 0 Å². The van der Waals surface area contributed by atoms with Crippen LogP contribution in [0.25, 0.3) is 0 Å². The topological polar surface area (TPSA) is 90.4 Å². The third-order valence-corrected chi connectivity index (χ3v) is 5.42. The van der Waals surface area contributed by atoms with E-state index in [9.17, 15) is 19.5 Å². The van der Waals surface area contributed by atoms with Crippen LogP contribution in [0.1, 0.15) is 35.2 Å². The Labute approximate surface area is 171 Å². The highest BCUT2D eigenvalue weighted by Crippen LogP contribution is 2.14. The van der Waals surface area contributed by atoms with Crippen molar-refractivity contribution in [3.63, 3.8) is 0 Å². The van der Waals surface area contributed by atoms with Gasteiger partial charge in [-0.15, -0.1) is 0 Å². The lowest BCUT2D eigenvalue weighted by atomic mass is 10.1. The molecule has 0 aromatic heterocycles. The molecule has 2 amide bonds. The summed E-state index contributed by atoms with van der Waals surface area (Å²) in [4.78, 5) is 41.4. The van der Waals surface area contributed by atoms with E-state index in [1.807, 2.05) is 21.9 Å². The lowest BCUT2D eigenvalue weighted by Crippen LogP contribution is -2.39. The summed E-state index contributed by atoms with van der Waals surface area (Å²) in [5, 5.41) is 10.4. The molecule has 0 bridgehead atoms. The summed E-state index contributed by atoms with van der Waals surface area (Å²) in [5.74, 6) is -0.208. The number of β-amino-alcohol motifs (C(OH)–C–C–N with tert-alkyl or cyclic N) is 1. The molecule has 0 spiro atoms. The first-order valence-electron chi connectivity index (χ1n) is 10.1. The molecule has 2 fully saturated rings. The van der Waals surface area contributed by atoms with Gasteiger partial charge in [-0.25, -0.2) is 4.79 Å². The number of aliphatic hydroxyl groups is 1. The summed E-state index contributed by atoms with van der Waals surface area (Å²) in [6.07, 6.45) is 1.63. The number of carbonyl (C=O) groups is 3. The Kier molecular flexibility index (Phi) is 7.22. The van der Waals surface area contributed by atoms with Crippen LogP contribution in [-0.4, -0.2) is 90.1 Å². The maximum Gasteiger partial charge on any atom is 0.337 e. The third kappa shape index (κ3) is 5.77. The van der Waals surface area contributed by atoms with E-state index in [-0.39, 0.29) is 24.3 Å². The van der Waals surface area contributed by atoms with Crippen LogP contribution < -0.4 is 0 Å². The number of methoxy groups -OCH3 is 1. The first-order chi connectivity index (χ1) is 14.0. The molecular formula is C21H29N3O5. The quantitative estimate of drug-likeness (QED) is 0.667. The maximum absolute atomic E-state index is 12.7. The average Bonchev–Trinajstić information content (AvgIpc) is 3.05. The van der Waals surface area contributed by atoms with E-state index in [4.69, 9.17) is 4.74 Å². The van der Waals surface area contributed by atoms with E-state index in [2.05, 4.69) is 0 Å². The molecule has 1 atom stereocenters. The minimum absolute atomic E-state index is 0.0134. The van der Waals surface area contributed by atoms with Gasteiger partial charge in [-0.05, 0) is 30.5 Å². The Morgan fingerprint density at radius 1 is 1.10 bits per heavy atom. The molecule has 1 N–H and O–H groups in total. The summed E-state index contributed by atoms with van der Waals surface area (Å²) in [5.41, 5.74) is 1.43. The van der Waals surface area contributed by atoms with Gasteiger partial charge in [0, 0.05) is 45.7 Å². The predicted octanol–water partition coefficient (Wildman–Crippen LogP) is 0.491. The van der Waals surface area contributed by atoms with Gasteiger partial charge in [-0.3, -0.25) is 14.5 Å². The molecule has 3 rings (SSSR count). The lowest BCUT2D eigenvalue weighted by Gasteiger charge is -2.23. The summed E-state index contributed by atoms with van der Waals surface area (Å²) in [6, 6.07) is 7.06. The Balaban J connectivity index is 1.52. The van der Waals surface area contributed by atoms with Gasteiger partial charge in [0.2, 0.25) is 11.8 Å². The second-order valence-electron chi connectivity index (χ2n) is 7.69. The zero-order valence-electron chi connectivity index (χ0n) is 16.9. The Hall–Kier alpha value is -2.45. The van der Waals surface area contributed by atoms with Crippen molar-refractivity contribution < 1.29 is 24.2 Å². The largest absolute Gasteiger partial charge is 0.465 e. The number of carbonyl (C=O) groups excluding carboxylic acids is 3. The van der Waals surface area contributed by atoms with E-state index in [1.165, 1.54) is 7.11 Å². The highest BCUT2D eigenvalue weighted by Gasteiger charge is 2.27. The van der Waals surface area contributed by atoms with Crippen LogP contribution in [0.4, 0.5) is 0 Å². The zero-order valence-corrected chi connectivity index (χ0v) is 16.9. The fourth-order valence-corrected chi connectivity index (χ4v) is 3.92. The van der Waals surface area contributed by atoms with Crippen molar-refractivity contribution in [3.8, 4) is 0 Å². The Bertz CT molecular complexity index is 736. The molecule has 2 heterocycles. The molecule has 2 saturated heterocycles. The Morgan fingerprint density at radius 2 is 1.83 bits per heavy atom. The number of hydrogen-bond acceptors (Lipinski definition) is 6. The average molecular weight is 403 g/mol. The monoisotopic (exact) mass is 403 g/mol. The van der Waals surface area contributed by atoms with Crippen LogP contribution in [0.5, 0.6) is 0 Å². The number of aliphatic hydroxyl groups excluding tert-OH is 1. The molecule has 0 saturated carbocycles. The zero-order chi connectivity index (χ0) is 20.8. The summed E-state index contributed by atoms with van der Waals surface area (Å²) in [7, 11) is 1.34. The van der Waals surface area contributed by atoms with Gasteiger partial charge in [0.15, 0.2) is 0 Å². The van der Waals surface area contributed by atoms with Gasteiger partial charge in [-0.1, -0.05) is 12.1 Å². The smallest absolute Gasteiger partial charge is 0.337 e. The molecule has 29 heavy (non-hydrogen) atoms. The summed E-state index contributed by atoms with van der Waals surface area (Å²) in [6.45, 7) is 3.48. The predicted molar refractivity (Wildman–Crippen MR) is 106 cm³/mol. The second-order valence-corrected chi connectivity index (χ2v) is 7.69. The van der Waals surface area contributed by atoms with E-state index < -0.39 is 6.10 Å². The van der Waals surface area contributed by atoms with Gasteiger partial charge in [-0.2, -0.15) is 0 Å². The number of esters is 1. The van der Waals surface area contributed by atoms with Crippen molar-refractivity contribution in [2.75, 3.05) is 46.4 Å². The molecule has 0 aliphatic carbocycles. The van der Waals surface area contributed by atoms with Crippen LogP contribution in [-0.2, 0) is 20.9 Å². The fraction of sp³-hybridized carbons (Fsp3) is 0.571. The highest BCUT2D eigenvalue weighted by molar-refractivity contribution is 5.89. The van der Waals surface area contributed by atoms with Crippen molar-refractivity contribution in [2.45, 2.75) is 31.9 Å². The van der Waals surface area contributed by atoms with Crippen molar-refractivity contribution in [2.24, 2.45) is 0 Å². The van der Waals surface area contributed by atoms with E-state index in [1.54, 1.807) is 17.0 Å². The first kappa shape index (κ1) is 21.3. The van der Waals surface area contributed by atoms with E-state index >= 15 is 0 Å². The molecule has 1 aromatic carbocycles. The minimum Gasteiger partial charge on any atom is -0.465 e. The van der Waals surface area contributed by atoms with E-state index in [0.717, 1.165) is 24.9 Å². The SMILES string of the molecule is COC(=O)c1ccc(CN2CC(=O)N(CCCN3CCCC3=O)C[C@H](O)C2)cc1. The van der Waals surface area contributed by atoms with Gasteiger partial charge in [0.1, 0.15) is 0 Å². The molecular weight excluding hydrogens is 374 g/mol. The number of likely N-dealkylation sites (tertiary alicyclic amines) is 1. The molecule has 0 unspecified atom stereocenters. The standard InChI is InChI=1S/C21H29N3O5/c1-29-21(28)17-7-5-16(6-8-17)12-22-13-18(25)14-24(20(27)15-22)11-3-10-23-9-2-4-19(23)26/h5-8,18,25H,2-4,9-15H2,1H3/t18-/m1/s1. The van der Waals surface area contributed by atoms with Crippen LogP contribution in [0.15, 0.2) is 24.3 Å². The number of hydrogen-bond donors (Lipinski definition) is 1. The second kappa shape index (κ2) is 9.84.